The third-order valence-electron chi connectivity index (χ3n) is 1.49. The van der Waals surface area contributed by atoms with Crippen molar-refractivity contribution in [2.24, 2.45) is 5.73 Å². The molecule has 0 aromatic rings. The third kappa shape index (κ3) is 2.30. The highest BCUT2D eigenvalue weighted by atomic mass is 16.5. The van der Waals surface area contributed by atoms with E-state index in [1.54, 1.807) is 0 Å². The van der Waals surface area contributed by atoms with Crippen LogP contribution in [-0.4, -0.2) is 32.3 Å². The van der Waals surface area contributed by atoms with Crippen molar-refractivity contribution in [2.75, 3.05) is 26.2 Å². The summed E-state index contributed by atoms with van der Waals surface area (Å²) in [6.45, 7) is 3.52. The van der Waals surface area contributed by atoms with Gasteiger partial charge in [0.2, 0.25) is 0 Å². The van der Waals surface area contributed by atoms with E-state index in [-0.39, 0.29) is 0 Å². The Balaban J connectivity index is 2.08. The van der Waals surface area contributed by atoms with E-state index in [1.807, 2.05) is 0 Å². The van der Waals surface area contributed by atoms with Crippen molar-refractivity contribution in [1.29, 1.82) is 0 Å². The second-order valence-corrected chi connectivity index (χ2v) is 2.27. The molecule has 9 heavy (non-hydrogen) atoms. The molecule has 1 heterocycles. The SMILES string of the molecule is NCC[C@H]1CNCCO1. The van der Waals surface area contributed by atoms with E-state index in [4.69, 9.17) is 10.5 Å². The molecule has 1 saturated heterocycles. The largest absolute Gasteiger partial charge is 0.376 e. The predicted molar refractivity (Wildman–Crippen MR) is 36.3 cm³/mol. The highest BCUT2D eigenvalue weighted by molar-refractivity contribution is 4.66. The van der Waals surface area contributed by atoms with E-state index in [0.717, 1.165) is 32.7 Å². The fourth-order valence-corrected chi connectivity index (χ4v) is 0.991. The fourth-order valence-electron chi connectivity index (χ4n) is 0.991. The molecule has 3 N–H and O–H groups in total. The lowest BCUT2D eigenvalue weighted by Gasteiger charge is -2.22. The van der Waals surface area contributed by atoms with Crippen molar-refractivity contribution < 1.29 is 4.74 Å². The first-order chi connectivity index (χ1) is 4.43. The zero-order chi connectivity index (χ0) is 6.53. The standard InChI is InChI=1S/C6H14N2O/c7-2-1-6-5-8-3-4-9-6/h6,8H,1-5,7H2/t6-/m0/s1. The van der Waals surface area contributed by atoms with Crippen LogP contribution in [0.15, 0.2) is 0 Å². The molecular formula is C6H14N2O. The maximum Gasteiger partial charge on any atom is 0.0712 e. The van der Waals surface area contributed by atoms with Crippen LogP contribution in [0.5, 0.6) is 0 Å². The summed E-state index contributed by atoms with van der Waals surface area (Å²) in [5.41, 5.74) is 5.35. The average Bonchev–Trinajstić information content (AvgIpc) is 1.91. The van der Waals surface area contributed by atoms with Crippen molar-refractivity contribution in [3.63, 3.8) is 0 Å². The van der Waals surface area contributed by atoms with Gasteiger partial charge in [-0.05, 0) is 13.0 Å². The average molecular weight is 130 g/mol. The van der Waals surface area contributed by atoms with Crippen LogP contribution in [0.4, 0.5) is 0 Å². The molecule has 0 amide bonds. The van der Waals surface area contributed by atoms with Gasteiger partial charge in [0.15, 0.2) is 0 Å². The molecule has 1 rings (SSSR count). The van der Waals surface area contributed by atoms with Crippen molar-refractivity contribution in [3.8, 4) is 0 Å². The van der Waals surface area contributed by atoms with Gasteiger partial charge in [0.05, 0.1) is 12.7 Å². The molecule has 0 unspecified atom stereocenters. The number of nitrogens with one attached hydrogen (secondary N) is 1. The van der Waals surface area contributed by atoms with E-state index >= 15 is 0 Å². The van der Waals surface area contributed by atoms with Crippen LogP contribution in [0.3, 0.4) is 0 Å². The van der Waals surface area contributed by atoms with E-state index in [1.165, 1.54) is 0 Å². The molecule has 54 valence electrons. The van der Waals surface area contributed by atoms with Crippen LogP contribution >= 0.6 is 0 Å². The summed E-state index contributed by atoms with van der Waals surface area (Å²) in [6.07, 6.45) is 1.34. The summed E-state index contributed by atoms with van der Waals surface area (Å²) in [5.74, 6) is 0. The van der Waals surface area contributed by atoms with Crippen molar-refractivity contribution >= 4 is 0 Å². The Bertz CT molecular complexity index is 68.7. The zero-order valence-corrected chi connectivity index (χ0v) is 5.60. The highest BCUT2D eigenvalue weighted by Crippen LogP contribution is 1.98. The van der Waals surface area contributed by atoms with Gasteiger partial charge < -0.3 is 15.8 Å². The number of nitrogens with two attached hydrogens (primary N) is 1. The minimum absolute atomic E-state index is 0.365. The van der Waals surface area contributed by atoms with E-state index in [0.29, 0.717) is 6.10 Å². The summed E-state index contributed by atoms with van der Waals surface area (Å²) < 4.78 is 5.38. The van der Waals surface area contributed by atoms with Gasteiger partial charge in [0.25, 0.3) is 0 Å². The van der Waals surface area contributed by atoms with E-state index in [9.17, 15) is 0 Å². The molecule has 1 atom stereocenters. The van der Waals surface area contributed by atoms with Crippen LogP contribution < -0.4 is 11.1 Å². The number of morpholine rings is 1. The summed E-state index contributed by atoms with van der Waals surface area (Å²) in [5, 5.41) is 3.24. The van der Waals surface area contributed by atoms with Gasteiger partial charge in [-0.3, -0.25) is 0 Å². The smallest absolute Gasteiger partial charge is 0.0712 e. The lowest BCUT2D eigenvalue weighted by molar-refractivity contribution is 0.0252. The second-order valence-electron chi connectivity index (χ2n) is 2.27. The van der Waals surface area contributed by atoms with Crippen LogP contribution in [0.25, 0.3) is 0 Å². The van der Waals surface area contributed by atoms with Gasteiger partial charge in [-0.15, -0.1) is 0 Å². The molecule has 0 aliphatic carbocycles. The molecule has 0 bridgehead atoms. The topological polar surface area (TPSA) is 47.3 Å². The quantitative estimate of drug-likeness (QED) is 0.521. The number of hydrogen-bond donors (Lipinski definition) is 2. The maximum atomic E-state index is 5.38. The fraction of sp³-hybridized carbons (Fsp3) is 1.00. The first-order valence-electron chi connectivity index (χ1n) is 3.46. The van der Waals surface area contributed by atoms with E-state index < -0.39 is 0 Å². The molecule has 0 aromatic carbocycles. The lowest BCUT2D eigenvalue weighted by atomic mass is 10.2. The molecule has 3 heteroatoms. The van der Waals surface area contributed by atoms with Crippen LogP contribution in [0.2, 0.25) is 0 Å². The molecule has 0 saturated carbocycles. The Labute approximate surface area is 55.6 Å². The van der Waals surface area contributed by atoms with Crippen molar-refractivity contribution in [2.45, 2.75) is 12.5 Å². The molecule has 3 nitrogen and oxygen atoms in total. The normalized spacial score (nSPS) is 28.3. The number of rotatable bonds is 2. The number of ether oxygens (including phenoxy) is 1. The van der Waals surface area contributed by atoms with Gasteiger partial charge in [0, 0.05) is 13.1 Å². The first-order valence-corrected chi connectivity index (χ1v) is 3.46. The maximum absolute atomic E-state index is 5.38. The molecule has 1 aliphatic heterocycles. The summed E-state index contributed by atoms with van der Waals surface area (Å²) in [7, 11) is 0. The van der Waals surface area contributed by atoms with Gasteiger partial charge in [-0.25, -0.2) is 0 Å². The Morgan fingerprint density at radius 2 is 2.56 bits per heavy atom. The van der Waals surface area contributed by atoms with Crippen molar-refractivity contribution in [1.82, 2.24) is 5.32 Å². The Hall–Kier alpha value is -0.120. The lowest BCUT2D eigenvalue weighted by Crippen LogP contribution is -2.39. The third-order valence-corrected chi connectivity index (χ3v) is 1.49. The molecule has 1 fully saturated rings. The molecule has 0 radical (unpaired) electrons. The molecule has 0 spiro atoms. The van der Waals surface area contributed by atoms with Gasteiger partial charge in [-0.2, -0.15) is 0 Å². The predicted octanol–water partition coefficient (Wildman–Crippen LogP) is -0.676. The van der Waals surface area contributed by atoms with E-state index in [2.05, 4.69) is 5.32 Å². The highest BCUT2D eigenvalue weighted by Gasteiger charge is 2.10. The Morgan fingerprint density at radius 1 is 1.67 bits per heavy atom. The Morgan fingerprint density at radius 3 is 3.11 bits per heavy atom. The van der Waals surface area contributed by atoms with Gasteiger partial charge in [0.1, 0.15) is 0 Å². The van der Waals surface area contributed by atoms with Crippen LogP contribution in [-0.2, 0) is 4.74 Å². The van der Waals surface area contributed by atoms with Gasteiger partial charge in [-0.1, -0.05) is 0 Å². The summed E-state index contributed by atoms with van der Waals surface area (Å²) in [6, 6.07) is 0. The molecule has 1 aliphatic rings. The summed E-state index contributed by atoms with van der Waals surface area (Å²) >= 11 is 0. The van der Waals surface area contributed by atoms with Gasteiger partial charge >= 0.3 is 0 Å². The monoisotopic (exact) mass is 130 g/mol. The summed E-state index contributed by atoms with van der Waals surface area (Å²) in [4.78, 5) is 0. The molecule has 0 aromatic heterocycles. The second kappa shape index (κ2) is 3.82. The Kier molecular flexibility index (Phi) is 2.97. The van der Waals surface area contributed by atoms with Crippen molar-refractivity contribution in [3.05, 3.63) is 0 Å². The zero-order valence-electron chi connectivity index (χ0n) is 5.60. The number of hydrogen-bond acceptors (Lipinski definition) is 3. The minimum Gasteiger partial charge on any atom is -0.376 e. The van der Waals surface area contributed by atoms with Crippen LogP contribution in [0.1, 0.15) is 6.42 Å². The minimum atomic E-state index is 0.365. The molecular weight excluding hydrogens is 116 g/mol. The first kappa shape index (κ1) is 6.99. The van der Waals surface area contributed by atoms with Crippen LogP contribution in [0, 0.1) is 0 Å².